The zero-order valence-corrected chi connectivity index (χ0v) is 15.0. The SMILES string of the molecule is CON=C[C@@H]1[C@H](NC(=O)C(=NOC)c2csc(N)n2)C(=O)N1S(=O)(=O)O. The number of aromatic nitrogens is 1. The summed E-state index contributed by atoms with van der Waals surface area (Å²) in [7, 11) is -2.45. The monoisotopic (exact) mass is 406 g/mol. The van der Waals surface area contributed by atoms with Crippen molar-refractivity contribution in [2.45, 2.75) is 12.1 Å². The molecule has 13 nitrogen and oxygen atoms in total. The van der Waals surface area contributed by atoms with E-state index in [4.69, 9.17) is 10.3 Å². The van der Waals surface area contributed by atoms with E-state index in [9.17, 15) is 18.0 Å². The number of hydrogen-bond acceptors (Lipinski definition) is 11. The molecule has 2 heterocycles. The Morgan fingerprint density at radius 3 is 2.69 bits per heavy atom. The van der Waals surface area contributed by atoms with Crippen molar-refractivity contribution in [3.05, 3.63) is 11.1 Å². The molecule has 1 saturated heterocycles. The van der Waals surface area contributed by atoms with Gasteiger partial charge in [-0.2, -0.15) is 8.42 Å². The molecule has 0 aliphatic carbocycles. The number of nitrogens with two attached hydrogens (primary N) is 1. The molecule has 0 saturated carbocycles. The van der Waals surface area contributed by atoms with Gasteiger partial charge in [0.15, 0.2) is 10.8 Å². The van der Waals surface area contributed by atoms with Crippen LogP contribution < -0.4 is 11.1 Å². The molecular weight excluding hydrogens is 392 g/mol. The van der Waals surface area contributed by atoms with Crippen molar-refractivity contribution in [1.82, 2.24) is 14.6 Å². The van der Waals surface area contributed by atoms with E-state index in [0.29, 0.717) is 0 Å². The normalized spacial score (nSPS) is 20.8. The Morgan fingerprint density at radius 1 is 1.50 bits per heavy atom. The van der Waals surface area contributed by atoms with E-state index in [0.717, 1.165) is 17.6 Å². The Kier molecular flexibility index (Phi) is 5.73. The van der Waals surface area contributed by atoms with Crippen molar-refractivity contribution in [1.29, 1.82) is 0 Å². The van der Waals surface area contributed by atoms with E-state index >= 15 is 0 Å². The number of carbonyl (C=O) groups is 2. The summed E-state index contributed by atoms with van der Waals surface area (Å²) in [4.78, 5) is 37.3. The number of oxime groups is 2. The number of rotatable bonds is 7. The highest BCUT2D eigenvalue weighted by Gasteiger charge is 2.53. The first kappa shape index (κ1) is 19.5. The molecule has 2 amide bonds. The summed E-state index contributed by atoms with van der Waals surface area (Å²) in [6, 6.07) is -2.62. The largest absolute Gasteiger partial charge is 0.399 e. The second-order valence-electron chi connectivity index (χ2n) is 4.68. The lowest BCUT2D eigenvalue weighted by Crippen LogP contribution is -2.73. The molecule has 0 spiro atoms. The Balaban J connectivity index is 2.24. The van der Waals surface area contributed by atoms with Crippen LogP contribution in [0.15, 0.2) is 15.7 Å². The van der Waals surface area contributed by atoms with Crippen molar-refractivity contribution in [3.63, 3.8) is 0 Å². The number of thiazole rings is 1. The number of anilines is 1. The average Bonchev–Trinajstić information content (AvgIpc) is 2.98. The van der Waals surface area contributed by atoms with Crippen molar-refractivity contribution in [3.8, 4) is 0 Å². The average molecular weight is 406 g/mol. The van der Waals surface area contributed by atoms with Crippen LogP contribution in [0.4, 0.5) is 5.13 Å². The van der Waals surface area contributed by atoms with Crippen molar-refractivity contribution >= 4 is 50.5 Å². The highest BCUT2D eigenvalue weighted by atomic mass is 32.2. The van der Waals surface area contributed by atoms with Crippen LogP contribution in [-0.2, 0) is 29.6 Å². The molecule has 2 rings (SSSR count). The van der Waals surface area contributed by atoms with Gasteiger partial charge >= 0.3 is 10.3 Å². The van der Waals surface area contributed by atoms with Crippen LogP contribution in [0, 0.1) is 0 Å². The Morgan fingerprint density at radius 2 is 2.19 bits per heavy atom. The van der Waals surface area contributed by atoms with Crippen LogP contribution >= 0.6 is 11.3 Å². The van der Waals surface area contributed by atoms with Gasteiger partial charge in [-0.05, 0) is 0 Å². The second kappa shape index (κ2) is 7.63. The number of nitrogen functional groups attached to an aromatic ring is 1. The van der Waals surface area contributed by atoms with E-state index in [1.54, 1.807) is 0 Å². The first-order chi connectivity index (χ1) is 12.2. The molecule has 142 valence electrons. The summed E-state index contributed by atoms with van der Waals surface area (Å²) < 4.78 is 31.8. The smallest absolute Gasteiger partial charge is 0.362 e. The van der Waals surface area contributed by atoms with Crippen molar-refractivity contribution < 1.29 is 32.2 Å². The summed E-state index contributed by atoms with van der Waals surface area (Å²) in [5.74, 6) is -1.94. The van der Waals surface area contributed by atoms with Crippen molar-refractivity contribution in [2.75, 3.05) is 20.0 Å². The molecule has 2 atom stereocenters. The van der Waals surface area contributed by atoms with Gasteiger partial charge in [0.25, 0.3) is 11.8 Å². The fraction of sp³-hybridized carbons (Fsp3) is 0.364. The lowest BCUT2D eigenvalue weighted by molar-refractivity contribution is -0.141. The van der Waals surface area contributed by atoms with Crippen LogP contribution in [0.2, 0.25) is 0 Å². The molecule has 1 aromatic heterocycles. The molecule has 0 bridgehead atoms. The van der Waals surface area contributed by atoms with Gasteiger partial charge in [-0.3, -0.25) is 14.1 Å². The number of β-lactam (4-membered cyclic amide) rings is 1. The standard InChI is InChI=1S/C11H14N6O7S2/c1-23-13-3-6-8(10(19)17(6)26(20,21)22)15-9(18)7(16-24-2)5-4-25-11(12)14-5/h3-4,6,8H,1-2H3,(H2,12,14)(H,15,18)(H,20,21,22)/t6-,8+/m1/s1. The van der Waals surface area contributed by atoms with Gasteiger partial charge < -0.3 is 20.7 Å². The van der Waals surface area contributed by atoms with E-state index in [1.165, 1.54) is 19.6 Å². The Bertz CT molecular complexity index is 864. The van der Waals surface area contributed by atoms with Gasteiger partial charge in [0, 0.05) is 5.38 Å². The quantitative estimate of drug-likeness (QED) is 0.203. The number of nitrogens with one attached hydrogen (secondary N) is 1. The van der Waals surface area contributed by atoms with Crippen LogP contribution in [0.1, 0.15) is 5.69 Å². The third kappa shape index (κ3) is 3.89. The predicted octanol–water partition coefficient (Wildman–Crippen LogP) is -1.79. The molecule has 26 heavy (non-hydrogen) atoms. The minimum absolute atomic E-state index is 0.104. The Labute approximate surface area is 151 Å². The summed E-state index contributed by atoms with van der Waals surface area (Å²) in [6.45, 7) is 0. The highest BCUT2D eigenvalue weighted by Crippen LogP contribution is 2.23. The third-order valence-electron chi connectivity index (χ3n) is 3.11. The van der Waals surface area contributed by atoms with Crippen molar-refractivity contribution in [2.24, 2.45) is 10.3 Å². The lowest BCUT2D eigenvalue weighted by atomic mass is 9.99. The van der Waals surface area contributed by atoms with Gasteiger partial charge in [0.05, 0.1) is 6.21 Å². The summed E-state index contributed by atoms with van der Waals surface area (Å²) in [5.41, 5.74) is 5.34. The number of amides is 2. The van der Waals surface area contributed by atoms with Gasteiger partial charge in [-0.1, -0.05) is 10.3 Å². The molecule has 0 aromatic carbocycles. The molecule has 1 aliphatic rings. The lowest BCUT2D eigenvalue weighted by Gasteiger charge is -2.41. The molecular formula is C11H14N6O7S2. The first-order valence-electron chi connectivity index (χ1n) is 6.71. The summed E-state index contributed by atoms with van der Waals surface area (Å²) in [5, 5.41) is 10.8. The number of carbonyl (C=O) groups excluding carboxylic acids is 2. The van der Waals surface area contributed by atoms with E-state index in [-0.39, 0.29) is 20.8 Å². The fourth-order valence-electron chi connectivity index (χ4n) is 2.07. The maximum Gasteiger partial charge on any atom is 0.362 e. The summed E-state index contributed by atoms with van der Waals surface area (Å²) >= 11 is 1.06. The van der Waals surface area contributed by atoms with E-state index < -0.39 is 34.2 Å². The van der Waals surface area contributed by atoms with Gasteiger partial charge in [0.1, 0.15) is 32.0 Å². The molecule has 0 radical (unpaired) electrons. The maximum atomic E-state index is 12.4. The van der Waals surface area contributed by atoms with Gasteiger partial charge in [0.2, 0.25) is 0 Å². The zero-order valence-electron chi connectivity index (χ0n) is 13.4. The maximum absolute atomic E-state index is 12.4. The highest BCUT2D eigenvalue weighted by molar-refractivity contribution is 7.84. The molecule has 1 aliphatic heterocycles. The minimum atomic E-state index is -4.84. The molecule has 1 fully saturated rings. The molecule has 0 unspecified atom stereocenters. The minimum Gasteiger partial charge on any atom is -0.399 e. The van der Waals surface area contributed by atoms with Crippen LogP contribution in [0.3, 0.4) is 0 Å². The fourth-order valence-corrected chi connectivity index (χ4v) is 3.44. The second-order valence-corrected chi connectivity index (χ2v) is 6.86. The van der Waals surface area contributed by atoms with Crippen LogP contribution in [0.25, 0.3) is 0 Å². The topological polar surface area (TPSA) is 186 Å². The summed E-state index contributed by atoms with van der Waals surface area (Å²) in [6.07, 6.45) is 0.939. The zero-order chi connectivity index (χ0) is 19.5. The number of hydrogen-bond donors (Lipinski definition) is 3. The first-order valence-corrected chi connectivity index (χ1v) is 8.99. The van der Waals surface area contributed by atoms with E-state index in [1.807, 2.05) is 0 Å². The number of nitrogens with zero attached hydrogens (tertiary/aromatic N) is 4. The predicted molar refractivity (Wildman–Crippen MR) is 89.7 cm³/mol. The van der Waals surface area contributed by atoms with Gasteiger partial charge in [-0.15, -0.1) is 11.3 Å². The van der Waals surface area contributed by atoms with Gasteiger partial charge in [-0.25, -0.2) is 9.29 Å². The Hall–Kier alpha value is -2.78. The molecule has 4 N–H and O–H groups in total. The third-order valence-corrected chi connectivity index (χ3v) is 4.71. The molecule has 1 aromatic rings. The molecule has 15 heteroatoms. The van der Waals surface area contributed by atoms with Crippen LogP contribution in [0.5, 0.6) is 0 Å². The van der Waals surface area contributed by atoms with Crippen LogP contribution in [-0.4, -0.2) is 72.3 Å². The van der Waals surface area contributed by atoms with E-state index in [2.05, 4.69) is 30.3 Å².